The van der Waals surface area contributed by atoms with Crippen LogP contribution in [0.3, 0.4) is 0 Å². The van der Waals surface area contributed by atoms with Crippen molar-refractivity contribution in [2.45, 2.75) is 19.8 Å². The van der Waals surface area contributed by atoms with Crippen molar-refractivity contribution < 1.29 is 0 Å². The maximum Gasteiger partial charge on any atom is 0.164 e. The number of hydrogen-bond donors (Lipinski definition) is 0. The van der Waals surface area contributed by atoms with Crippen molar-refractivity contribution in [2.24, 2.45) is 0 Å². The van der Waals surface area contributed by atoms with Gasteiger partial charge in [0, 0.05) is 43.2 Å². The zero-order valence-electron chi connectivity index (χ0n) is 35.0. The topological polar surface area (TPSA) is 103 Å². The van der Waals surface area contributed by atoms with Crippen LogP contribution in [0.2, 0.25) is 0 Å². The number of fused-ring (bicyclic) bond motifs is 3. The van der Waals surface area contributed by atoms with Crippen molar-refractivity contribution in [1.82, 2.24) is 39.9 Å². The summed E-state index contributed by atoms with van der Waals surface area (Å²) < 4.78 is 0. The van der Waals surface area contributed by atoms with E-state index in [9.17, 15) is 0 Å². The number of para-hydroxylation sites is 2. The Labute approximate surface area is 389 Å². The highest BCUT2D eigenvalue weighted by Crippen LogP contribution is 2.51. The molecule has 0 fully saturated rings. The van der Waals surface area contributed by atoms with E-state index in [2.05, 4.69) is 60.7 Å². The molecule has 12 rings (SSSR count). The molecule has 8 nitrogen and oxygen atoms in total. The lowest BCUT2D eigenvalue weighted by Gasteiger charge is -2.21. The summed E-state index contributed by atoms with van der Waals surface area (Å²) in [6, 6.07) is 69.8. The zero-order chi connectivity index (χ0) is 43.8. The van der Waals surface area contributed by atoms with E-state index in [-0.39, 0.29) is 0 Å². The van der Waals surface area contributed by atoms with Gasteiger partial charge in [-0.05, 0) is 58.7 Å². The third-order valence-electron chi connectivity index (χ3n) is 11.3. The van der Waals surface area contributed by atoms with Gasteiger partial charge in [-0.3, -0.25) is 0 Å². The van der Waals surface area contributed by atoms with Gasteiger partial charge < -0.3 is 0 Å². The Morgan fingerprint density at radius 1 is 0.227 bits per heavy atom. The van der Waals surface area contributed by atoms with Gasteiger partial charge in [-0.2, -0.15) is 0 Å². The van der Waals surface area contributed by atoms with Crippen molar-refractivity contribution in [1.29, 1.82) is 0 Å². The van der Waals surface area contributed by atoms with Crippen LogP contribution in [0.5, 0.6) is 0 Å². The van der Waals surface area contributed by atoms with Crippen LogP contribution in [0.25, 0.3) is 102 Å². The second-order valence-electron chi connectivity index (χ2n) is 15.6. The second kappa shape index (κ2) is 17.1. The van der Waals surface area contributed by atoms with Gasteiger partial charge in [-0.15, -0.1) is 0 Å². The number of rotatable bonds is 8. The molecule has 4 heterocycles. The van der Waals surface area contributed by atoms with Crippen molar-refractivity contribution in [3.63, 3.8) is 0 Å². The molecule has 0 bridgehead atoms. The molecule has 1 aliphatic rings. The van der Waals surface area contributed by atoms with Gasteiger partial charge in [0.2, 0.25) is 0 Å². The highest BCUT2D eigenvalue weighted by atomic mass is 32.2. The first-order valence-corrected chi connectivity index (χ1v) is 23.0. The van der Waals surface area contributed by atoms with E-state index in [1.807, 2.05) is 146 Å². The third-order valence-corrected chi connectivity index (χ3v) is 13.6. The predicted molar refractivity (Wildman–Crippen MR) is 264 cm³/mol. The average Bonchev–Trinajstić information content (AvgIpc) is 3.40. The summed E-state index contributed by atoms with van der Waals surface area (Å²) in [5.41, 5.74) is 11.3. The van der Waals surface area contributed by atoms with Crippen LogP contribution in [-0.4, -0.2) is 39.9 Å². The Bertz CT molecular complexity index is 3240. The van der Waals surface area contributed by atoms with Gasteiger partial charge in [0.05, 0.1) is 11.0 Å². The Morgan fingerprint density at radius 2 is 0.500 bits per heavy atom. The Balaban J connectivity index is 1.02. The molecular weight excluding hydrogens is 849 g/mol. The monoisotopic (exact) mass is 882 g/mol. The first kappa shape index (κ1) is 39.4. The minimum absolute atomic E-state index is 0.588. The molecule has 0 radical (unpaired) electrons. The van der Waals surface area contributed by atoms with Crippen LogP contribution in [0.1, 0.15) is 0 Å². The van der Waals surface area contributed by atoms with E-state index in [0.717, 1.165) is 86.5 Å². The van der Waals surface area contributed by atoms with Crippen LogP contribution in [0.4, 0.5) is 0 Å². The van der Waals surface area contributed by atoms with E-state index in [4.69, 9.17) is 39.9 Å². The van der Waals surface area contributed by atoms with Crippen molar-refractivity contribution in [3.8, 4) is 90.6 Å². The molecule has 11 aromatic rings. The molecule has 10 heteroatoms. The van der Waals surface area contributed by atoms with Crippen LogP contribution in [0, 0.1) is 0 Å². The van der Waals surface area contributed by atoms with Crippen LogP contribution < -0.4 is 0 Å². The van der Waals surface area contributed by atoms with E-state index in [0.29, 0.717) is 34.9 Å². The minimum atomic E-state index is 0.588. The Hall–Kier alpha value is -8.18. The lowest BCUT2D eigenvalue weighted by Crippen LogP contribution is -2.01. The molecule has 0 N–H and O–H groups in total. The van der Waals surface area contributed by atoms with Gasteiger partial charge >= 0.3 is 0 Å². The van der Waals surface area contributed by atoms with Crippen LogP contribution in [-0.2, 0) is 0 Å². The predicted octanol–water partition coefficient (Wildman–Crippen LogP) is 14.0. The Kier molecular flexibility index (Phi) is 10.2. The summed E-state index contributed by atoms with van der Waals surface area (Å²) in [7, 11) is 0. The minimum Gasteiger partial charge on any atom is -0.237 e. The van der Waals surface area contributed by atoms with Gasteiger partial charge in [0.25, 0.3) is 0 Å². The summed E-state index contributed by atoms with van der Waals surface area (Å²) in [5.74, 6) is 3.62. The summed E-state index contributed by atoms with van der Waals surface area (Å²) in [4.78, 5) is 42.5. The van der Waals surface area contributed by atoms with Gasteiger partial charge in [0.1, 0.15) is 10.1 Å². The number of benzene rings is 8. The SMILES string of the molecule is c1ccc(-c2nc(-c3ccccc3)nc(-c3cccc(-c4cc5c(cc4-c4cccc(-c6nc(-c7ccccc7)nc(-c7ccccc7)n6)c4)Sc4nc6ccccc6nc4S5)c3)n2)cc1. The zero-order valence-corrected chi connectivity index (χ0v) is 36.7. The number of nitrogens with zero attached hydrogens (tertiary/aromatic N) is 8. The molecule has 0 atom stereocenters. The van der Waals surface area contributed by atoms with Gasteiger partial charge in [0.15, 0.2) is 34.9 Å². The van der Waals surface area contributed by atoms with E-state index < -0.39 is 0 Å². The van der Waals surface area contributed by atoms with Crippen molar-refractivity contribution in [3.05, 3.63) is 206 Å². The molecule has 3 aromatic heterocycles. The maximum atomic E-state index is 5.07. The molecule has 0 saturated carbocycles. The molecule has 0 aliphatic carbocycles. The molecule has 1 aliphatic heterocycles. The molecule has 0 spiro atoms. The molecule has 8 aromatic carbocycles. The summed E-state index contributed by atoms with van der Waals surface area (Å²) in [6.07, 6.45) is 0. The lowest BCUT2D eigenvalue weighted by atomic mass is 9.92. The van der Waals surface area contributed by atoms with E-state index in [1.165, 1.54) is 0 Å². The average molecular weight is 883 g/mol. The lowest BCUT2D eigenvalue weighted by molar-refractivity contribution is 0.953. The first-order chi connectivity index (χ1) is 32.6. The third kappa shape index (κ3) is 7.78. The normalized spacial score (nSPS) is 11.8. The van der Waals surface area contributed by atoms with Crippen molar-refractivity contribution >= 4 is 34.6 Å². The van der Waals surface area contributed by atoms with Gasteiger partial charge in [-0.25, -0.2) is 39.9 Å². The molecule has 66 heavy (non-hydrogen) atoms. The summed E-state index contributed by atoms with van der Waals surface area (Å²) in [5, 5.41) is 1.79. The molecule has 0 saturated heterocycles. The summed E-state index contributed by atoms with van der Waals surface area (Å²) >= 11 is 3.31. The molecule has 0 amide bonds. The fourth-order valence-corrected chi connectivity index (χ4v) is 10.2. The molecular formula is C56H34N8S2. The first-order valence-electron chi connectivity index (χ1n) is 21.4. The Morgan fingerprint density at radius 3 is 0.833 bits per heavy atom. The highest BCUT2D eigenvalue weighted by molar-refractivity contribution is 8.05. The van der Waals surface area contributed by atoms with Gasteiger partial charge in [-0.1, -0.05) is 193 Å². The fraction of sp³-hybridized carbons (Fsp3) is 0. The smallest absolute Gasteiger partial charge is 0.164 e. The number of hydrogen-bond acceptors (Lipinski definition) is 10. The highest BCUT2D eigenvalue weighted by Gasteiger charge is 2.25. The van der Waals surface area contributed by atoms with E-state index >= 15 is 0 Å². The molecule has 0 unspecified atom stereocenters. The van der Waals surface area contributed by atoms with Crippen LogP contribution >= 0.6 is 23.5 Å². The maximum absolute atomic E-state index is 5.07. The fourth-order valence-electron chi connectivity index (χ4n) is 8.03. The number of aromatic nitrogens is 8. The van der Waals surface area contributed by atoms with Crippen LogP contribution in [0.15, 0.2) is 226 Å². The molecule has 310 valence electrons. The summed E-state index contributed by atoms with van der Waals surface area (Å²) in [6.45, 7) is 0. The quantitative estimate of drug-likeness (QED) is 0.147. The van der Waals surface area contributed by atoms with E-state index in [1.54, 1.807) is 23.5 Å². The second-order valence-corrected chi connectivity index (χ2v) is 17.7. The van der Waals surface area contributed by atoms with Crippen molar-refractivity contribution in [2.75, 3.05) is 0 Å². The standard InChI is InChI=1S/C56H34N8S2/c1-5-17-35(18-6-1)49-59-50(36-19-7-2-8-20-36)62-53(61-49)41-27-15-25-39(31-41)43-33-47-48(66-56-55(65-47)57-45-29-13-14-30-46(45)58-56)34-44(43)40-26-16-28-42(32-40)54-63-51(37-21-9-3-10-22-37)60-52(64-54)38-23-11-4-12-24-38/h1-34H. The largest absolute Gasteiger partial charge is 0.237 e.